The zero-order valence-electron chi connectivity index (χ0n) is 14.2. The lowest BCUT2D eigenvalue weighted by Gasteiger charge is -2.33. The third-order valence-electron chi connectivity index (χ3n) is 5.03. The molecule has 2 amide bonds. The van der Waals surface area contributed by atoms with Gasteiger partial charge in [0.1, 0.15) is 0 Å². The summed E-state index contributed by atoms with van der Waals surface area (Å²) in [6, 6.07) is 0.355. The van der Waals surface area contributed by atoms with Crippen molar-refractivity contribution in [2.24, 2.45) is 0 Å². The molecule has 2 aliphatic rings. The van der Waals surface area contributed by atoms with Crippen LogP contribution in [0.4, 0.5) is 4.79 Å². The molecule has 2 saturated carbocycles. The molecule has 0 saturated heterocycles. The molecule has 0 aliphatic heterocycles. The summed E-state index contributed by atoms with van der Waals surface area (Å²) in [5.74, 6) is 0. The highest BCUT2D eigenvalue weighted by atomic mass is 16.2. The summed E-state index contributed by atoms with van der Waals surface area (Å²) in [4.78, 5) is 40.4. The zero-order valence-corrected chi connectivity index (χ0v) is 14.2. The number of aromatic nitrogens is 2. The van der Waals surface area contributed by atoms with Crippen molar-refractivity contribution in [1.82, 2.24) is 19.8 Å². The summed E-state index contributed by atoms with van der Waals surface area (Å²) >= 11 is 0. The monoisotopic (exact) mass is 334 g/mol. The number of carbonyl (C=O) groups excluding carboxylic acids is 1. The van der Waals surface area contributed by atoms with E-state index in [0.717, 1.165) is 25.7 Å². The number of urea groups is 1. The first kappa shape index (κ1) is 16.8. The summed E-state index contributed by atoms with van der Waals surface area (Å²) in [7, 11) is 0. The minimum Gasteiger partial charge on any atom is -0.334 e. The standard InChI is InChI=1S/C17H26N4O3/c1-2-20(13-6-4-3-5-7-13)16(23)18-10-12-11-21(14-8-9-14)17(24)19-15(12)22/h11,13-14H,2-10H2,1H3,(H,18,23)(H,19,22,24). The third kappa shape index (κ3) is 3.71. The largest absolute Gasteiger partial charge is 0.334 e. The topological polar surface area (TPSA) is 87.2 Å². The van der Waals surface area contributed by atoms with E-state index in [1.807, 2.05) is 11.8 Å². The number of hydrogen-bond acceptors (Lipinski definition) is 3. The normalized spacial score (nSPS) is 18.4. The molecule has 2 aliphatic carbocycles. The van der Waals surface area contributed by atoms with Crippen molar-refractivity contribution in [3.63, 3.8) is 0 Å². The Morgan fingerprint density at radius 2 is 1.96 bits per heavy atom. The second kappa shape index (κ2) is 7.23. The number of nitrogens with one attached hydrogen (secondary N) is 2. The highest BCUT2D eigenvalue weighted by Gasteiger charge is 2.26. The van der Waals surface area contributed by atoms with E-state index < -0.39 is 5.56 Å². The van der Waals surface area contributed by atoms with E-state index >= 15 is 0 Å². The first-order valence-electron chi connectivity index (χ1n) is 8.99. The molecule has 1 aromatic rings. The third-order valence-corrected chi connectivity index (χ3v) is 5.03. The average molecular weight is 334 g/mol. The van der Waals surface area contributed by atoms with Crippen LogP contribution in [0.3, 0.4) is 0 Å². The van der Waals surface area contributed by atoms with Gasteiger partial charge in [-0.1, -0.05) is 19.3 Å². The SMILES string of the molecule is CCN(C(=O)NCc1cn(C2CC2)c(=O)[nH]c1=O)C1CCCCC1. The molecule has 0 bridgehead atoms. The Labute approximate surface area is 141 Å². The summed E-state index contributed by atoms with van der Waals surface area (Å²) in [5.41, 5.74) is -0.359. The van der Waals surface area contributed by atoms with Crippen molar-refractivity contribution >= 4 is 6.03 Å². The predicted molar refractivity (Wildman–Crippen MR) is 91.1 cm³/mol. The number of nitrogens with zero attached hydrogens (tertiary/aromatic N) is 2. The van der Waals surface area contributed by atoms with Crippen molar-refractivity contribution in [1.29, 1.82) is 0 Å². The summed E-state index contributed by atoms with van der Waals surface area (Å²) in [5, 5.41) is 2.85. The molecule has 0 unspecified atom stereocenters. The number of hydrogen-bond donors (Lipinski definition) is 2. The molecule has 2 fully saturated rings. The number of rotatable bonds is 5. The first-order valence-corrected chi connectivity index (χ1v) is 8.99. The second-order valence-electron chi connectivity index (χ2n) is 6.79. The number of H-pyrrole nitrogens is 1. The summed E-state index contributed by atoms with van der Waals surface area (Å²) < 4.78 is 1.57. The van der Waals surface area contributed by atoms with Gasteiger partial charge in [-0.2, -0.15) is 0 Å². The maximum Gasteiger partial charge on any atom is 0.328 e. The molecular weight excluding hydrogens is 308 g/mol. The Hall–Kier alpha value is -2.05. The van der Waals surface area contributed by atoms with Crippen LogP contribution in [0.5, 0.6) is 0 Å². The predicted octanol–water partition coefficient (Wildman–Crippen LogP) is 1.74. The average Bonchev–Trinajstić information content (AvgIpc) is 3.40. The van der Waals surface area contributed by atoms with Gasteiger partial charge in [-0.25, -0.2) is 9.59 Å². The Kier molecular flexibility index (Phi) is 5.06. The lowest BCUT2D eigenvalue weighted by molar-refractivity contribution is 0.159. The lowest BCUT2D eigenvalue weighted by Crippen LogP contribution is -2.47. The van der Waals surface area contributed by atoms with Crippen molar-refractivity contribution < 1.29 is 4.79 Å². The van der Waals surface area contributed by atoms with Crippen LogP contribution in [-0.2, 0) is 6.54 Å². The van der Waals surface area contributed by atoms with Crippen LogP contribution in [0.1, 0.15) is 63.5 Å². The smallest absolute Gasteiger partial charge is 0.328 e. The van der Waals surface area contributed by atoms with Crippen molar-refractivity contribution in [3.05, 3.63) is 32.6 Å². The van der Waals surface area contributed by atoms with Crippen molar-refractivity contribution in [2.75, 3.05) is 6.54 Å². The molecule has 1 heterocycles. The van der Waals surface area contributed by atoms with Crippen LogP contribution in [0.15, 0.2) is 15.8 Å². The zero-order chi connectivity index (χ0) is 17.1. The van der Waals surface area contributed by atoms with Gasteiger partial charge in [-0.05, 0) is 32.6 Å². The van der Waals surface area contributed by atoms with Gasteiger partial charge < -0.3 is 10.2 Å². The molecule has 24 heavy (non-hydrogen) atoms. The fourth-order valence-corrected chi connectivity index (χ4v) is 3.51. The summed E-state index contributed by atoms with van der Waals surface area (Å²) in [6.07, 6.45) is 9.19. The molecule has 0 aromatic carbocycles. The second-order valence-corrected chi connectivity index (χ2v) is 6.79. The molecule has 7 nitrogen and oxygen atoms in total. The van der Waals surface area contributed by atoms with Gasteiger partial charge in [0.2, 0.25) is 0 Å². The van der Waals surface area contributed by atoms with Gasteiger partial charge in [-0.15, -0.1) is 0 Å². The Bertz CT molecular complexity index is 699. The number of amides is 2. The van der Waals surface area contributed by atoms with E-state index in [1.165, 1.54) is 19.3 Å². The maximum atomic E-state index is 12.5. The van der Waals surface area contributed by atoms with Gasteiger partial charge in [0.05, 0.1) is 12.1 Å². The van der Waals surface area contributed by atoms with E-state index in [2.05, 4.69) is 10.3 Å². The van der Waals surface area contributed by atoms with Crippen LogP contribution in [0.2, 0.25) is 0 Å². The van der Waals surface area contributed by atoms with E-state index in [0.29, 0.717) is 18.2 Å². The van der Waals surface area contributed by atoms with Crippen molar-refractivity contribution in [2.45, 2.75) is 70.5 Å². The quantitative estimate of drug-likeness (QED) is 0.860. The molecular formula is C17H26N4O3. The van der Waals surface area contributed by atoms with Crippen LogP contribution < -0.4 is 16.6 Å². The van der Waals surface area contributed by atoms with Crippen LogP contribution in [0, 0.1) is 0 Å². The minimum atomic E-state index is -0.419. The van der Waals surface area contributed by atoms with E-state index in [4.69, 9.17) is 0 Å². The Morgan fingerprint density at radius 1 is 1.25 bits per heavy atom. The van der Waals surface area contributed by atoms with E-state index in [1.54, 1.807) is 10.8 Å². The van der Waals surface area contributed by atoms with E-state index in [9.17, 15) is 14.4 Å². The molecule has 0 spiro atoms. The molecule has 7 heteroatoms. The van der Waals surface area contributed by atoms with Gasteiger partial charge in [0.15, 0.2) is 0 Å². The fourth-order valence-electron chi connectivity index (χ4n) is 3.51. The van der Waals surface area contributed by atoms with Crippen LogP contribution in [0.25, 0.3) is 0 Å². The molecule has 0 radical (unpaired) electrons. The highest BCUT2D eigenvalue weighted by Crippen LogP contribution is 2.33. The molecule has 0 atom stereocenters. The van der Waals surface area contributed by atoms with E-state index in [-0.39, 0.29) is 24.3 Å². The number of carbonyl (C=O) groups is 1. The van der Waals surface area contributed by atoms with Crippen LogP contribution >= 0.6 is 0 Å². The highest BCUT2D eigenvalue weighted by molar-refractivity contribution is 5.74. The maximum absolute atomic E-state index is 12.5. The lowest BCUT2D eigenvalue weighted by atomic mass is 9.94. The van der Waals surface area contributed by atoms with Gasteiger partial charge in [0, 0.05) is 24.8 Å². The van der Waals surface area contributed by atoms with Gasteiger partial charge in [-0.3, -0.25) is 14.3 Å². The fraction of sp³-hybridized carbons (Fsp3) is 0.706. The molecule has 2 N–H and O–H groups in total. The summed E-state index contributed by atoms with van der Waals surface area (Å²) in [6.45, 7) is 2.78. The molecule has 3 rings (SSSR count). The Balaban J connectivity index is 1.66. The van der Waals surface area contributed by atoms with Crippen LogP contribution in [-0.4, -0.2) is 33.1 Å². The Morgan fingerprint density at radius 3 is 2.58 bits per heavy atom. The number of aromatic amines is 1. The van der Waals surface area contributed by atoms with Gasteiger partial charge >= 0.3 is 11.7 Å². The van der Waals surface area contributed by atoms with Crippen molar-refractivity contribution in [3.8, 4) is 0 Å². The van der Waals surface area contributed by atoms with Gasteiger partial charge in [0.25, 0.3) is 5.56 Å². The first-order chi connectivity index (χ1) is 11.6. The molecule has 1 aromatic heterocycles. The molecule has 132 valence electrons. The minimum absolute atomic E-state index is 0.132.